The second kappa shape index (κ2) is 8.24. The van der Waals surface area contributed by atoms with Crippen molar-refractivity contribution in [2.24, 2.45) is 17.3 Å². The highest BCUT2D eigenvalue weighted by Gasteiger charge is 2.68. The maximum Gasteiger partial charge on any atom is 0.482 e. The molecule has 0 spiro atoms. The number of para-hydroxylation sites is 1. The van der Waals surface area contributed by atoms with Crippen LogP contribution in [0, 0.1) is 17.3 Å². The Hall–Kier alpha value is -2.57. The number of nitrogens with one attached hydrogen (secondary N) is 1. The van der Waals surface area contributed by atoms with Crippen LogP contribution in [0.15, 0.2) is 65.3 Å². The van der Waals surface area contributed by atoms with E-state index >= 15 is 0 Å². The van der Waals surface area contributed by atoms with Crippen LogP contribution in [0.25, 0.3) is 11.0 Å². The van der Waals surface area contributed by atoms with E-state index in [0.29, 0.717) is 18.3 Å². The van der Waals surface area contributed by atoms with Crippen molar-refractivity contribution in [2.45, 2.75) is 70.5 Å². The topological polar surface area (TPSA) is 60.7 Å². The van der Waals surface area contributed by atoms with Gasteiger partial charge in [0.25, 0.3) is 0 Å². The molecule has 182 valence electrons. The molecule has 2 heterocycles. The molecule has 1 aromatic heterocycles. The number of carbonyl (C=O) groups excluding carboxylic acids is 1. The average molecular weight is 471 g/mol. The van der Waals surface area contributed by atoms with E-state index in [1.54, 1.807) is 6.26 Å². The van der Waals surface area contributed by atoms with E-state index in [1.165, 1.54) is 6.42 Å². The standard InChI is InChI=1S/C29H34BNO4/c1-18(19-10-6-5-7-11-19)27(32)31-26(14-20-17-33-23-13-9-8-12-22(20)23)30-34-25-16-21-15-24(28(21,2)3)29(25,4)35-30/h5-13,17-18,21,24-26H,14-16H2,1-4H3,(H,31,32)/t18?,21-,24-,25+,26-,29-/m0/s1. The van der Waals surface area contributed by atoms with Crippen molar-refractivity contribution in [1.29, 1.82) is 0 Å². The molecule has 7 rings (SSSR count). The van der Waals surface area contributed by atoms with Gasteiger partial charge in [0.05, 0.1) is 29.8 Å². The Bertz CT molecular complexity index is 1240. The minimum Gasteiger partial charge on any atom is -0.464 e. The van der Waals surface area contributed by atoms with Crippen molar-refractivity contribution in [2.75, 3.05) is 0 Å². The molecule has 3 aromatic rings. The third kappa shape index (κ3) is 3.65. The quantitative estimate of drug-likeness (QED) is 0.481. The molecule has 2 bridgehead atoms. The third-order valence-electron chi connectivity index (χ3n) is 9.32. The molecule has 4 fully saturated rings. The van der Waals surface area contributed by atoms with Crippen LogP contribution in [0.1, 0.15) is 57.6 Å². The molecular weight excluding hydrogens is 437 g/mol. The summed E-state index contributed by atoms with van der Waals surface area (Å²) < 4.78 is 19.2. The lowest BCUT2D eigenvalue weighted by Crippen LogP contribution is -2.65. The van der Waals surface area contributed by atoms with Gasteiger partial charge >= 0.3 is 7.12 Å². The summed E-state index contributed by atoms with van der Waals surface area (Å²) in [7, 11) is -0.499. The molecule has 4 aliphatic rings. The number of carbonyl (C=O) groups is 1. The first-order valence-corrected chi connectivity index (χ1v) is 12.9. The van der Waals surface area contributed by atoms with Crippen LogP contribution in [0.4, 0.5) is 0 Å². The van der Waals surface area contributed by atoms with Crippen molar-refractivity contribution < 1.29 is 18.5 Å². The highest BCUT2D eigenvalue weighted by atomic mass is 16.7. The zero-order valence-corrected chi connectivity index (χ0v) is 21.0. The second-order valence-electron chi connectivity index (χ2n) is 11.5. The summed E-state index contributed by atoms with van der Waals surface area (Å²) in [5.41, 5.74) is 2.84. The fourth-order valence-electron chi connectivity index (χ4n) is 6.91. The van der Waals surface area contributed by atoms with Gasteiger partial charge in [-0.15, -0.1) is 0 Å². The first-order chi connectivity index (χ1) is 16.8. The number of fused-ring (bicyclic) bond motifs is 1. The predicted molar refractivity (Wildman–Crippen MR) is 137 cm³/mol. The Labute approximate surface area is 207 Å². The zero-order valence-electron chi connectivity index (χ0n) is 21.0. The normalized spacial score (nSPS) is 30.4. The van der Waals surface area contributed by atoms with E-state index in [1.807, 2.05) is 55.5 Å². The second-order valence-corrected chi connectivity index (χ2v) is 11.5. The van der Waals surface area contributed by atoms with Gasteiger partial charge in [-0.3, -0.25) is 4.79 Å². The molecule has 1 N–H and O–H groups in total. The number of furan rings is 1. The van der Waals surface area contributed by atoms with Gasteiger partial charge in [0.15, 0.2) is 0 Å². The lowest BCUT2D eigenvalue weighted by Gasteiger charge is -2.64. The van der Waals surface area contributed by atoms with E-state index < -0.39 is 7.12 Å². The van der Waals surface area contributed by atoms with Gasteiger partial charge in [-0.05, 0) is 67.6 Å². The summed E-state index contributed by atoms with van der Waals surface area (Å²) in [6.45, 7) is 8.90. The zero-order chi connectivity index (χ0) is 24.4. The van der Waals surface area contributed by atoms with Crippen molar-refractivity contribution in [3.8, 4) is 0 Å². The molecule has 3 saturated carbocycles. The Morgan fingerprint density at radius 2 is 1.83 bits per heavy atom. The van der Waals surface area contributed by atoms with Crippen molar-refractivity contribution in [3.63, 3.8) is 0 Å². The van der Waals surface area contributed by atoms with Crippen LogP contribution in [0.3, 0.4) is 0 Å². The molecule has 6 atom stereocenters. The van der Waals surface area contributed by atoms with Gasteiger partial charge in [-0.1, -0.05) is 62.4 Å². The molecule has 1 saturated heterocycles. The van der Waals surface area contributed by atoms with Crippen LogP contribution in [0.5, 0.6) is 0 Å². The minimum absolute atomic E-state index is 0.0224. The van der Waals surface area contributed by atoms with Gasteiger partial charge < -0.3 is 19.0 Å². The number of amides is 1. The summed E-state index contributed by atoms with van der Waals surface area (Å²) in [6.07, 6.45) is 4.66. The van der Waals surface area contributed by atoms with Crippen molar-refractivity contribution in [1.82, 2.24) is 5.32 Å². The lowest BCUT2D eigenvalue weighted by molar-refractivity contribution is -0.199. The van der Waals surface area contributed by atoms with Gasteiger partial charge in [0.2, 0.25) is 5.91 Å². The largest absolute Gasteiger partial charge is 0.482 e. The lowest BCUT2D eigenvalue weighted by atomic mass is 9.43. The molecule has 1 aliphatic heterocycles. The van der Waals surface area contributed by atoms with E-state index in [9.17, 15) is 4.79 Å². The maximum absolute atomic E-state index is 13.4. The molecule has 0 radical (unpaired) electrons. The van der Waals surface area contributed by atoms with Crippen LogP contribution in [0.2, 0.25) is 0 Å². The Morgan fingerprint density at radius 1 is 1.09 bits per heavy atom. The molecule has 2 aromatic carbocycles. The van der Waals surface area contributed by atoms with E-state index in [0.717, 1.165) is 28.5 Å². The van der Waals surface area contributed by atoms with E-state index in [4.69, 9.17) is 13.7 Å². The first kappa shape index (κ1) is 22.9. The monoisotopic (exact) mass is 471 g/mol. The summed E-state index contributed by atoms with van der Waals surface area (Å²) in [4.78, 5) is 13.4. The fourth-order valence-corrected chi connectivity index (χ4v) is 6.91. The molecule has 5 nitrogen and oxygen atoms in total. The molecule has 35 heavy (non-hydrogen) atoms. The molecule has 1 amide bonds. The Morgan fingerprint density at radius 3 is 2.60 bits per heavy atom. The summed E-state index contributed by atoms with van der Waals surface area (Å²) >= 11 is 0. The maximum atomic E-state index is 13.4. The minimum atomic E-state index is -0.499. The van der Waals surface area contributed by atoms with Crippen molar-refractivity contribution in [3.05, 3.63) is 72.0 Å². The first-order valence-electron chi connectivity index (χ1n) is 12.9. The average Bonchev–Trinajstić information content (AvgIpc) is 3.43. The predicted octanol–water partition coefficient (Wildman–Crippen LogP) is 5.53. The van der Waals surface area contributed by atoms with Crippen LogP contribution in [-0.4, -0.2) is 30.7 Å². The SMILES string of the molecule is CC(C(=O)N[C@@H](Cc1coc2ccccc12)B1O[C@@H]2C[C@@H]3C[C@@H](C3(C)C)[C@]2(C)O1)c1ccccc1. The van der Waals surface area contributed by atoms with Gasteiger partial charge in [-0.2, -0.15) is 0 Å². The Kier molecular flexibility index (Phi) is 5.39. The molecule has 3 aliphatic carbocycles. The van der Waals surface area contributed by atoms with Gasteiger partial charge in [0, 0.05) is 5.39 Å². The van der Waals surface area contributed by atoms with Crippen LogP contribution < -0.4 is 5.32 Å². The van der Waals surface area contributed by atoms with Crippen molar-refractivity contribution >= 4 is 24.0 Å². The molecular formula is C29H34BNO4. The van der Waals surface area contributed by atoms with Crippen LogP contribution in [-0.2, 0) is 20.5 Å². The Balaban J connectivity index is 1.28. The third-order valence-corrected chi connectivity index (χ3v) is 9.32. The summed E-state index contributed by atoms with van der Waals surface area (Å²) in [5.74, 6) is 0.532. The summed E-state index contributed by atoms with van der Waals surface area (Å²) in [5, 5.41) is 4.37. The molecule has 1 unspecified atom stereocenters. The van der Waals surface area contributed by atoms with Gasteiger partial charge in [0.1, 0.15) is 5.58 Å². The number of hydrogen-bond donors (Lipinski definition) is 1. The van der Waals surface area contributed by atoms with Gasteiger partial charge in [-0.25, -0.2) is 0 Å². The highest BCUT2D eigenvalue weighted by molar-refractivity contribution is 6.48. The van der Waals surface area contributed by atoms with E-state index in [2.05, 4.69) is 32.2 Å². The smallest absolute Gasteiger partial charge is 0.464 e. The molecule has 6 heteroatoms. The van der Waals surface area contributed by atoms with Crippen LogP contribution >= 0.6 is 0 Å². The summed E-state index contributed by atoms with van der Waals surface area (Å²) in [6, 6.07) is 17.9. The fraction of sp³-hybridized carbons (Fsp3) is 0.483. The number of hydrogen-bond acceptors (Lipinski definition) is 4. The van der Waals surface area contributed by atoms with E-state index in [-0.39, 0.29) is 34.9 Å². The number of benzene rings is 2. The highest BCUT2D eigenvalue weighted by Crippen LogP contribution is 2.65. The number of rotatable bonds is 6.